The molecule has 0 spiro atoms. The second-order valence-electron chi connectivity index (χ2n) is 9.65. The predicted molar refractivity (Wildman–Crippen MR) is 123 cm³/mol. The number of hydrogen-bond donors (Lipinski definition) is 1. The number of carbonyl (C=O) groups is 2. The number of alkyl halides is 3. The Balaban J connectivity index is 1.59. The number of oxime groups is 1. The Hall–Kier alpha value is -2.87. The van der Waals surface area contributed by atoms with Crippen molar-refractivity contribution in [3.8, 4) is 0 Å². The number of fused-ring (bicyclic) bond motifs is 2. The number of carbonyl (C=O) groups excluding carboxylic acids is 2. The first kappa shape index (κ1) is 24.3. The monoisotopic (exact) mass is 492 g/mol. The van der Waals surface area contributed by atoms with E-state index in [0.29, 0.717) is 18.6 Å². The van der Waals surface area contributed by atoms with Crippen LogP contribution in [0.4, 0.5) is 18.9 Å². The Kier molecular flexibility index (Phi) is 5.79. The molecule has 5 nitrogen and oxygen atoms in total. The van der Waals surface area contributed by atoms with Crippen LogP contribution in [0.25, 0.3) is 0 Å². The van der Waals surface area contributed by atoms with Crippen LogP contribution in [0.15, 0.2) is 53.7 Å². The molecular weight excluding hydrogens is 469 g/mol. The smallest absolute Gasteiger partial charge is 0.326 e. The van der Waals surface area contributed by atoms with Crippen molar-refractivity contribution in [1.29, 1.82) is 0 Å². The van der Waals surface area contributed by atoms with E-state index in [1.54, 1.807) is 18.2 Å². The van der Waals surface area contributed by atoms with Crippen molar-refractivity contribution in [1.82, 2.24) is 0 Å². The summed E-state index contributed by atoms with van der Waals surface area (Å²) in [5, 5.41) is 7.08. The van der Waals surface area contributed by atoms with Crippen molar-refractivity contribution in [2.45, 2.75) is 46.2 Å². The minimum absolute atomic E-state index is 0.0779. The van der Waals surface area contributed by atoms with E-state index in [2.05, 4.69) is 10.5 Å². The van der Waals surface area contributed by atoms with Gasteiger partial charge >= 0.3 is 12.1 Å². The van der Waals surface area contributed by atoms with E-state index >= 15 is 0 Å². The van der Waals surface area contributed by atoms with Crippen LogP contribution in [0.5, 0.6) is 0 Å². The summed E-state index contributed by atoms with van der Waals surface area (Å²) >= 11 is 6.06. The van der Waals surface area contributed by atoms with Gasteiger partial charge in [0.2, 0.25) is 5.91 Å². The number of amides is 1. The minimum Gasteiger partial charge on any atom is -0.326 e. The van der Waals surface area contributed by atoms with E-state index in [4.69, 9.17) is 16.4 Å². The third-order valence-electron chi connectivity index (χ3n) is 7.95. The zero-order valence-corrected chi connectivity index (χ0v) is 19.7. The van der Waals surface area contributed by atoms with E-state index in [9.17, 15) is 22.8 Å². The second-order valence-corrected chi connectivity index (χ2v) is 10.1. The van der Waals surface area contributed by atoms with Gasteiger partial charge in [0, 0.05) is 17.5 Å². The molecule has 2 bridgehead atoms. The first-order valence-electron chi connectivity index (χ1n) is 10.8. The number of rotatable bonds is 4. The van der Waals surface area contributed by atoms with Gasteiger partial charge in [-0.1, -0.05) is 55.7 Å². The first-order chi connectivity index (χ1) is 15.8. The van der Waals surface area contributed by atoms with Crippen molar-refractivity contribution >= 4 is 34.9 Å². The Bertz CT molecular complexity index is 1190. The van der Waals surface area contributed by atoms with Crippen molar-refractivity contribution in [3.05, 3.63) is 64.7 Å². The van der Waals surface area contributed by atoms with Crippen LogP contribution in [-0.4, -0.2) is 17.6 Å². The fourth-order valence-corrected chi connectivity index (χ4v) is 5.53. The number of nitrogens with one attached hydrogen (secondary N) is 1. The molecule has 0 aromatic heterocycles. The first-order valence-corrected chi connectivity index (χ1v) is 11.2. The lowest BCUT2D eigenvalue weighted by molar-refractivity contribution is -0.137. The Morgan fingerprint density at radius 2 is 1.76 bits per heavy atom. The molecule has 1 N–H and O–H groups in total. The van der Waals surface area contributed by atoms with Crippen LogP contribution in [0.1, 0.15) is 56.0 Å². The van der Waals surface area contributed by atoms with Gasteiger partial charge in [0.15, 0.2) is 0 Å². The lowest BCUT2D eigenvalue weighted by atomic mass is 9.64. The Morgan fingerprint density at radius 3 is 2.44 bits per heavy atom. The van der Waals surface area contributed by atoms with E-state index < -0.39 is 34.0 Å². The van der Waals surface area contributed by atoms with Gasteiger partial charge in [0.25, 0.3) is 0 Å². The van der Waals surface area contributed by atoms with Crippen molar-refractivity contribution in [2.75, 3.05) is 5.32 Å². The van der Waals surface area contributed by atoms with Gasteiger partial charge in [-0.05, 0) is 48.6 Å². The number of nitrogens with zero attached hydrogens (tertiary/aromatic N) is 1. The molecule has 0 aliphatic heterocycles. The van der Waals surface area contributed by atoms with Crippen LogP contribution in [0, 0.1) is 16.2 Å². The summed E-state index contributed by atoms with van der Waals surface area (Å²) in [6, 6.07) is 11.0. The van der Waals surface area contributed by atoms with Gasteiger partial charge in [-0.15, -0.1) is 0 Å². The second kappa shape index (κ2) is 8.12. The zero-order valence-electron chi connectivity index (χ0n) is 18.9. The highest BCUT2D eigenvalue weighted by Crippen LogP contribution is 2.71. The standard InChI is InChI=1S/C25H24ClF3N2O3/c1-22(2)23(3)11-12-24(22,21(33)30-16-8-6-7-15(13-16)25(27,28)29)14-19(23)31-34-20(32)17-9-4-5-10-18(17)26/h4-10,13H,11-12,14H2,1-3H3,(H,30,33). The molecule has 1 amide bonds. The molecule has 4 rings (SSSR count). The third kappa shape index (κ3) is 3.68. The molecule has 0 saturated heterocycles. The number of benzene rings is 2. The molecule has 0 radical (unpaired) electrons. The molecule has 2 saturated carbocycles. The van der Waals surface area contributed by atoms with E-state index in [-0.39, 0.29) is 28.6 Å². The molecule has 2 aliphatic carbocycles. The molecule has 2 fully saturated rings. The van der Waals surface area contributed by atoms with Gasteiger partial charge in [0.05, 0.1) is 27.3 Å². The predicted octanol–water partition coefficient (Wildman–Crippen LogP) is 6.73. The van der Waals surface area contributed by atoms with E-state index in [0.717, 1.165) is 12.1 Å². The van der Waals surface area contributed by atoms with Crippen molar-refractivity contribution in [2.24, 2.45) is 21.4 Å². The molecule has 2 aliphatic rings. The fourth-order valence-electron chi connectivity index (χ4n) is 5.32. The number of halogens is 4. The quantitative estimate of drug-likeness (QED) is 0.380. The summed E-state index contributed by atoms with van der Waals surface area (Å²) in [6.45, 7) is 5.87. The van der Waals surface area contributed by atoms with Gasteiger partial charge in [-0.25, -0.2) is 4.79 Å². The highest BCUT2D eigenvalue weighted by atomic mass is 35.5. The lowest BCUT2D eigenvalue weighted by Gasteiger charge is -2.39. The maximum absolute atomic E-state index is 13.5. The zero-order chi connectivity index (χ0) is 24.9. The number of anilines is 1. The molecule has 180 valence electrons. The molecular formula is C25H24ClF3N2O3. The molecule has 9 heteroatoms. The van der Waals surface area contributed by atoms with Gasteiger partial charge in [-0.2, -0.15) is 13.2 Å². The minimum atomic E-state index is -4.51. The largest absolute Gasteiger partial charge is 0.416 e. The Labute approximate surface area is 200 Å². The molecule has 0 heterocycles. The fraction of sp³-hybridized carbons (Fsp3) is 0.400. The summed E-state index contributed by atoms with van der Waals surface area (Å²) in [4.78, 5) is 31.2. The summed E-state index contributed by atoms with van der Waals surface area (Å²) in [5.41, 5.74) is -2.03. The third-order valence-corrected chi connectivity index (χ3v) is 8.28. The average molecular weight is 493 g/mol. The van der Waals surface area contributed by atoms with Gasteiger partial charge in [-0.3, -0.25) is 4.79 Å². The molecule has 2 atom stereocenters. The van der Waals surface area contributed by atoms with Crippen LogP contribution < -0.4 is 5.32 Å². The van der Waals surface area contributed by atoms with Crippen molar-refractivity contribution < 1.29 is 27.6 Å². The van der Waals surface area contributed by atoms with E-state index in [1.165, 1.54) is 18.2 Å². The van der Waals surface area contributed by atoms with Crippen LogP contribution in [0.2, 0.25) is 5.02 Å². The maximum Gasteiger partial charge on any atom is 0.416 e. The summed E-state index contributed by atoms with van der Waals surface area (Å²) in [6.07, 6.45) is -3.11. The number of hydrogen-bond acceptors (Lipinski definition) is 4. The van der Waals surface area contributed by atoms with Crippen LogP contribution in [0.3, 0.4) is 0 Å². The van der Waals surface area contributed by atoms with E-state index in [1.807, 2.05) is 20.8 Å². The average Bonchev–Trinajstić information content (AvgIpc) is 3.08. The summed E-state index contributed by atoms with van der Waals surface area (Å²) < 4.78 is 39.3. The lowest BCUT2D eigenvalue weighted by Crippen LogP contribution is -2.43. The summed E-state index contributed by atoms with van der Waals surface area (Å²) in [5.74, 6) is -1.08. The van der Waals surface area contributed by atoms with Crippen LogP contribution >= 0.6 is 11.6 Å². The molecule has 2 unspecified atom stereocenters. The highest BCUT2D eigenvalue weighted by Gasteiger charge is 2.71. The Morgan fingerprint density at radius 1 is 1.06 bits per heavy atom. The topological polar surface area (TPSA) is 67.8 Å². The normalized spacial score (nSPS) is 26.5. The van der Waals surface area contributed by atoms with Crippen LogP contribution in [-0.2, 0) is 15.8 Å². The van der Waals surface area contributed by atoms with Crippen molar-refractivity contribution in [3.63, 3.8) is 0 Å². The van der Waals surface area contributed by atoms with Gasteiger partial charge < -0.3 is 10.2 Å². The SMILES string of the molecule is CC12CCC(C(=O)Nc3cccc(C(F)(F)F)c3)(CC1=NOC(=O)c1ccccc1Cl)C2(C)C. The molecule has 2 aromatic rings. The highest BCUT2D eigenvalue weighted by molar-refractivity contribution is 6.33. The molecule has 2 aromatic carbocycles. The maximum atomic E-state index is 13.5. The van der Waals surface area contributed by atoms with Gasteiger partial charge in [0.1, 0.15) is 0 Å². The molecule has 34 heavy (non-hydrogen) atoms. The summed E-state index contributed by atoms with van der Waals surface area (Å²) in [7, 11) is 0.